The number of nitrogens with zero attached hydrogens (tertiary/aromatic N) is 1. The van der Waals surface area contributed by atoms with Crippen molar-refractivity contribution in [1.82, 2.24) is 4.57 Å². The molecule has 0 spiro atoms. The van der Waals surface area contributed by atoms with Crippen LogP contribution in [0.2, 0.25) is 0 Å². The van der Waals surface area contributed by atoms with Gasteiger partial charge < -0.3 is 5.73 Å². The minimum atomic E-state index is 0.0318. The van der Waals surface area contributed by atoms with Crippen molar-refractivity contribution in [2.45, 2.75) is 12.2 Å². The van der Waals surface area contributed by atoms with Gasteiger partial charge in [0.05, 0.1) is 5.52 Å². The van der Waals surface area contributed by atoms with Crippen LogP contribution in [0.3, 0.4) is 0 Å². The standard InChI is InChI=1S/C13H16N2OS/c1-9(16)15-8-11(13(7-14)17-2)10-5-3-4-6-12(10)15/h3-6,8,13H,7,14H2,1-2H3. The summed E-state index contributed by atoms with van der Waals surface area (Å²) in [6.07, 6.45) is 3.96. The number of hydrogen-bond acceptors (Lipinski definition) is 3. The Morgan fingerprint density at radius 3 is 2.76 bits per heavy atom. The number of para-hydroxylation sites is 1. The van der Waals surface area contributed by atoms with Crippen LogP contribution in [-0.2, 0) is 0 Å². The van der Waals surface area contributed by atoms with Gasteiger partial charge in [-0.3, -0.25) is 9.36 Å². The van der Waals surface area contributed by atoms with Gasteiger partial charge in [0, 0.05) is 30.3 Å². The molecule has 2 N–H and O–H groups in total. The first kappa shape index (κ1) is 12.2. The van der Waals surface area contributed by atoms with Crippen molar-refractivity contribution in [1.29, 1.82) is 0 Å². The third-order valence-electron chi connectivity index (χ3n) is 2.93. The second-order valence-electron chi connectivity index (χ2n) is 3.95. The minimum Gasteiger partial charge on any atom is -0.329 e. The molecule has 0 aliphatic carbocycles. The summed E-state index contributed by atoms with van der Waals surface area (Å²) in [5.74, 6) is 0.0318. The second kappa shape index (κ2) is 4.94. The van der Waals surface area contributed by atoms with Gasteiger partial charge >= 0.3 is 0 Å². The van der Waals surface area contributed by atoms with Crippen LogP contribution in [0.15, 0.2) is 30.5 Å². The monoisotopic (exact) mass is 248 g/mol. The molecule has 2 rings (SSSR count). The summed E-state index contributed by atoms with van der Waals surface area (Å²) >= 11 is 1.71. The van der Waals surface area contributed by atoms with E-state index in [4.69, 9.17) is 5.73 Å². The lowest BCUT2D eigenvalue weighted by Gasteiger charge is -2.10. The number of hydrogen-bond donors (Lipinski definition) is 1. The Morgan fingerprint density at radius 1 is 1.47 bits per heavy atom. The Hall–Kier alpha value is -1.26. The van der Waals surface area contributed by atoms with E-state index in [-0.39, 0.29) is 11.2 Å². The summed E-state index contributed by atoms with van der Waals surface area (Å²) < 4.78 is 1.70. The molecule has 0 fully saturated rings. The van der Waals surface area contributed by atoms with E-state index in [1.807, 2.05) is 36.7 Å². The highest BCUT2D eigenvalue weighted by Gasteiger charge is 2.16. The van der Waals surface area contributed by atoms with Crippen molar-refractivity contribution in [3.8, 4) is 0 Å². The van der Waals surface area contributed by atoms with Crippen LogP contribution in [0, 0.1) is 0 Å². The van der Waals surface area contributed by atoms with Crippen molar-refractivity contribution in [2.24, 2.45) is 5.73 Å². The molecule has 1 unspecified atom stereocenters. The topological polar surface area (TPSA) is 48.0 Å². The highest BCUT2D eigenvalue weighted by Crippen LogP contribution is 2.32. The van der Waals surface area contributed by atoms with Crippen LogP contribution >= 0.6 is 11.8 Å². The van der Waals surface area contributed by atoms with Gasteiger partial charge in [-0.15, -0.1) is 0 Å². The Labute approximate surface area is 105 Å². The van der Waals surface area contributed by atoms with E-state index < -0.39 is 0 Å². The summed E-state index contributed by atoms with van der Waals surface area (Å²) in [5, 5.41) is 1.35. The number of thioether (sulfide) groups is 1. The summed E-state index contributed by atoms with van der Waals surface area (Å²) in [6, 6.07) is 7.95. The van der Waals surface area contributed by atoms with Crippen LogP contribution in [-0.4, -0.2) is 23.3 Å². The first-order valence-electron chi connectivity index (χ1n) is 5.52. The smallest absolute Gasteiger partial charge is 0.227 e. The van der Waals surface area contributed by atoms with E-state index in [0.717, 1.165) is 16.5 Å². The van der Waals surface area contributed by atoms with Gasteiger partial charge in [0.15, 0.2) is 0 Å². The normalized spacial score (nSPS) is 12.9. The van der Waals surface area contributed by atoms with E-state index in [1.54, 1.807) is 23.3 Å². The molecule has 0 amide bonds. The van der Waals surface area contributed by atoms with Crippen LogP contribution in [0.25, 0.3) is 10.9 Å². The SMILES string of the molecule is CSC(CN)c1cn(C(C)=O)c2ccccc12. The summed E-state index contributed by atoms with van der Waals surface area (Å²) in [7, 11) is 0. The molecular formula is C13H16N2OS. The first-order valence-corrected chi connectivity index (χ1v) is 6.81. The number of aromatic nitrogens is 1. The first-order chi connectivity index (χ1) is 8.19. The molecule has 0 saturated carbocycles. The molecule has 90 valence electrons. The fourth-order valence-electron chi connectivity index (χ4n) is 2.07. The lowest BCUT2D eigenvalue weighted by Crippen LogP contribution is -2.09. The third kappa shape index (κ3) is 2.10. The maximum absolute atomic E-state index is 11.6. The number of carbonyl (C=O) groups is 1. The molecule has 0 saturated heterocycles. The molecule has 1 atom stereocenters. The molecule has 2 aromatic rings. The molecular weight excluding hydrogens is 232 g/mol. The zero-order valence-corrected chi connectivity index (χ0v) is 10.8. The van der Waals surface area contributed by atoms with Crippen molar-refractivity contribution >= 4 is 28.6 Å². The molecule has 0 bridgehead atoms. The van der Waals surface area contributed by atoms with Gasteiger partial charge in [0.25, 0.3) is 0 Å². The van der Waals surface area contributed by atoms with E-state index in [0.29, 0.717) is 6.54 Å². The fraction of sp³-hybridized carbons (Fsp3) is 0.308. The highest BCUT2D eigenvalue weighted by molar-refractivity contribution is 7.98. The third-order valence-corrected chi connectivity index (χ3v) is 3.94. The Balaban J connectivity index is 2.68. The number of nitrogens with two attached hydrogens (primary N) is 1. The number of rotatable bonds is 3. The average Bonchev–Trinajstić information content (AvgIpc) is 2.71. The lowest BCUT2D eigenvalue weighted by atomic mass is 10.1. The Bertz CT molecular complexity index is 543. The van der Waals surface area contributed by atoms with Gasteiger partial charge in [-0.2, -0.15) is 11.8 Å². The van der Waals surface area contributed by atoms with Gasteiger partial charge in [-0.25, -0.2) is 0 Å². The average molecular weight is 248 g/mol. The molecule has 0 aliphatic heterocycles. The zero-order chi connectivity index (χ0) is 12.4. The van der Waals surface area contributed by atoms with Crippen molar-refractivity contribution in [3.63, 3.8) is 0 Å². The van der Waals surface area contributed by atoms with Gasteiger partial charge in [-0.05, 0) is 17.9 Å². The predicted molar refractivity (Wildman–Crippen MR) is 73.5 cm³/mol. The maximum atomic E-state index is 11.6. The number of fused-ring (bicyclic) bond motifs is 1. The summed E-state index contributed by atoms with van der Waals surface area (Å²) in [5.41, 5.74) is 7.88. The van der Waals surface area contributed by atoms with E-state index >= 15 is 0 Å². The summed E-state index contributed by atoms with van der Waals surface area (Å²) in [4.78, 5) is 11.6. The largest absolute Gasteiger partial charge is 0.329 e. The lowest BCUT2D eigenvalue weighted by molar-refractivity contribution is 0.0941. The molecule has 0 aliphatic rings. The van der Waals surface area contributed by atoms with Gasteiger partial charge in [0.2, 0.25) is 5.91 Å². The molecule has 4 heteroatoms. The molecule has 0 radical (unpaired) electrons. The van der Waals surface area contributed by atoms with E-state index in [1.165, 1.54) is 0 Å². The number of carbonyl (C=O) groups excluding carboxylic acids is 1. The highest BCUT2D eigenvalue weighted by atomic mass is 32.2. The van der Waals surface area contributed by atoms with Crippen LogP contribution in [0.4, 0.5) is 0 Å². The molecule has 1 aromatic carbocycles. The zero-order valence-electron chi connectivity index (χ0n) is 10.0. The van der Waals surface area contributed by atoms with E-state index in [2.05, 4.69) is 0 Å². The fourth-order valence-corrected chi connectivity index (χ4v) is 2.71. The van der Waals surface area contributed by atoms with Crippen molar-refractivity contribution in [3.05, 3.63) is 36.0 Å². The minimum absolute atomic E-state index is 0.0318. The van der Waals surface area contributed by atoms with Crippen LogP contribution in [0.1, 0.15) is 22.5 Å². The Kier molecular flexibility index (Phi) is 3.54. The van der Waals surface area contributed by atoms with Crippen LogP contribution in [0.5, 0.6) is 0 Å². The second-order valence-corrected chi connectivity index (χ2v) is 4.99. The summed E-state index contributed by atoms with van der Waals surface area (Å²) in [6.45, 7) is 2.15. The quantitative estimate of drug-likeness (QED) is 0.908. The van der Waals surface area contributed by atoms with Crippen molar-refractivity contribution < 1.29 is 4.79 Å². The van der Waals surface area contributed by atoms with Crippen molar-refractivity contribution in [2.75, 3.05) is 12.8 Å². The molecule has 1 aromatic heterocycles. The van der Waals surface area contributed by atoms with Crippen LogP contribution < -0.4 is 5.73 Å². The Morgan fingerprint density at radius 2 is 2.18 bits per heavy atom. The van der Waals surface area contributed by atoms with E-state index in [9.17, 15) is 4.79 Å². The predicted octanol–water partition coefficient (Wildman–Crippen LogP) is 2.66. The molecule has 17 heavy (non-hydrogen) atoms. The number of benzene rings is 1. The van der Waals surface area contributed by atoms with Gasteiger partial charge in [0.1, 0.15) is 0 Å². The maximum Gasteiger partial charge on any atom is 0.227 e. The van der Waals surface area contributed by atoms with Gasteiger partial charge in [-0.1, -0.05) is 18.2 Å². The molecule has 3 nitrogen and oxygen atoms in total. The molecule has 1 heterocycles.